The van der Waals surface area contributed by atoms with Crippen LogP contribution in [0.5, 0.6) is 0 Å². The number of hydrogen-bond donors (Lipinski definition) is 3. The molecule has 4 atom stereocenters. The fourth-order valence-corrected chi connectivity index (χ4v) is 6.16. The average molecular weight is 504 g/mol. The van der Waals surface area contributed by atoms with Gasteiger partial charge in [-0.1, -0.05) is 0 Å². The van der Waals surface area contributed by atoms with E-state index in [9.17, 15) is 26.4 Å². The molecule has 0 spiro atoms. The molecule has 34 heavy (non-hydrogen) atoms. The lowest BCUT2D eigenvalue weighted by Gasteiger charge is -2.46. The molecule has 1 amide bonds. The highest BCUT2D eigenvalue weighted by atomic mass is 32.2. The number of halogens is 4. The van der Waals surface area contributed by atoms with Crippen molar-refractivity contribution in [2.45, 2.75) is 29.6 Å². The van der Waals surface area contributed by atoms with Crippen molar-refractivity contribution in [3.05, 3.63) is 53.4 Å². The standard InChI is InChI=1S/C19H20F4N6O4S/c1-29-18(24)28-19(8-33-14(5-20)15(19)34(29,31)32)10-4-9(2-3-11(10)21)27-17(30)13-7-25-12(6-26-13)16(22)23/h2-4,6-7,14-16,18,28H,5,8,24H2,1H3,(H,27,30). The fraction of sp³-hybridized carbons (Fsp3) is 0.421. The minimum Gasteiger partial charge on any atom is -0.372 e. The largest absolute Gasteiger partial charge is 0.372 e. The number of fused-ring (bicyclic) bond motifs is 1. The number of aromatic nitrogens is 2. The minimum atomic E-state index is -4.22. The van der Waals surface area contributed by atoms with E-state index < -0.39 is 70.3 Å². The summed E-state index contributed by atoms with van der Waals surface area (Å²) in [5.41, 5.74) is 3.11. The van der Waals surface area contributed by atoms with Gasteiger partial charge in [-0.3, -0.25) is 15.1 Å². The van der Waals surface area contributed by atoms with Gasteiger partial charge in [0.25, 0.3) is 12.3 Å². The third kappa shape index (κ3) is 3.92. The molecule has 2 aromatic rings. The van der Waals surface area contributed by atoms with Gasteiger partial charge in [0.05, 0.1) is 24.5 Å². The number of anilines is 1. The Morgan fingerprint density at radius 2 is 2.12 bits per heavy atom. The topological polar surface area (TPSA) is 140 Å². The van der Waals surface area contributed by atoms with Crippen LogP contribution in [0.4, 0.5) is 23.2 Å². The van der Waals surface area contributed by atoms with Crippen LogP contribution in [-0.4, -0.2) is 66.6 Å². The lowest BCUT2D eigenvalue weighted by Crippen LogP contribution is -2.72. The van der Waals surface area contributed by atoms with Gasteiger partial charge >= 0.3 is 0 Å². The SMILES string of the molecule is CN1C(N)NC2(c3cc(NC(=O)c4cnc(C(F)F)cn4)ccc3F)COC(CF)C2S1(=O)=O. The normalized spacial score (nSPS) is 28.6. The van der Waals surface area contributed by atoms with Crippen molar-refractivity contribution < 1.29 is 35.5 Å². The van der Waals surface area contributed by atoms with E-state index in [0.29, 0.717) is 0 Å². The van der Waals surface area contributed by atoms with E-state index in [-0.39, 0.29) is 16.9 Å². The number of alkyl halides is 3. The number of rotatable bonds is 5. The van der Waals surface area contributed by atoms with Gasteiger partial charge in [0.15, 0.2) is 0 Å². The predicted molar refractivity (Wildman–Crippen MR) is 110 cm³/mol. The minimum absolute atomic E-state index is 0.0321. The third-order valence-electron chi connectivity index (χ3n) is 5.85. The summed E-state index contributed by atoms with van der Waals surface area (Å²) in [5, 5.41) is 3.72. The number of carbonyl (C=O) groups excluding carboxylic acids is 1. The molecule has 4 unspecified atom stereocenters. The van der Waals surface area contributed by atoms with Crippen molar-refractivity contribution in [2.75, 3.05) is 25.6 Å². The smallest absolute Gasteiger partial charge is 0.281 e. The average Bonchev–Trinajstić information content (AvgIpc) is 3.19. The Balaban J connectivity index is 1.70. The fourth-order valence-electron chi connectivity index (χ4n) is 4.13. The molecule has 0 saturated carbocycles. The van der Waals surface area contributed by atoms with Crippen molar-refractivity contribution in [1.29, 1.82) is 0 Å². The molecule has 1 aromatic heterocycles. The van der Waals surface area contributed by atoms with Crippen LogP contribution < -0.4 is 16.4 Å². The summed E-state index contributed by atoms with van der Waals surface area (Å²) in [5.74, 6) is -1.67. The van der Waals surface area contributed by atoms with Gasteiger partial charge < -0.3 is 15.8 Å². The number of carbonyl (C=O) groups is 1. The van der Waals surface area contributed by atoms with Gasteiger partial charge in [-0.05, 0) is 18.2 Å². The van der Waals surface area contributed by atoms with Crippen molar-refractivity contribution in [1.82, 2.24) is 19.6 Å². The van der Waals surface area contributed by atoms with E-state index in [0.717, 1.165) is 22.8 Å². The molecule has 4 N–H and O–H groups in total. The molecule has 3 heterocycles. The van der Waals surface area contributed by atoms with Gasteiger partial charge in [0.1, 0.15) is 41.5 Å². The summed E-state index contributed by atoms with van der Waals surface area (Å²) in [6.45, 7) is -1.54. The zero-order chi connectivity index (χ0) is 24.8. The summed E-state index contributed by atoms with van der Waals surface area (Å²) in [6, 6.07) is 3.37. The van der Waals surface area contributed by atoms with E-state index in [1.54, 1.807) is 0 Å². The van der Waals surface area contributed by atoms with Gasteiger partial charge in [-0.15, -0.1) is 0 Å². The first-order valence-electron chi connectivity index (χ1n) is 9.90. The first-order valence-corrected chi connectivity index (χ1v) is 11.4. The molecule has 10 nitrogen and oxygen atoms in total. The van der Waals surface area contributed by atoms with E-state index in [1.165, 1.54) is 19.2 Å². The van der Waals surface area contributed by atoms with Crippen LogP contribution >= 0.6 is 0 Å². The van der Waals surface area contributed by atoms with Crippen LogP contribution in [0.15, 0.2) is 30.6 Å². The molecule has 2 aliphatic heterocycles. The second-order valence-corrected chi connectivity index (χ2v) is 9.94. The van der Waals surface area contributed by atoms with Crippen LogP contribution in [0.1, 0.15) is 28.2 Å². The molecule has 1 aromatic carbocycles. The molecule has 0 bridgehead atoms. The van der Waals surface area contributed by atoms with Gasteiger partial charge in [-0.25, -0.2) is 31.0 Å². The lowest BCUT2D eigenvalue weighted by atomic mass is 9.85. The van der Waals surface area contributed by atoms with Gasteiger partial charge in [0, 0.05) is 18.3 Å². The molecule has 2 aliphatic rings. The number of nitrogens with two attached hydrogens (primary N) is 1. The third-order valence-corrected chi connectivity index (χ3v) is 8.23. The predicted octanol–water partition coefficient (Wildman–Crippen LogP) is 0.845. The number of benzene rings is 1. The molecule has 15 heteroatoms. The molecular formula is C19H20F4N6O4S. The van der Waals surface area contributed by atoms with E-state index >= 15 is 4.39 Å². The quantitative estimate of drug-likeness (QED) is 0.510. The van der Waals surface area contributed by atoms with Crippen molar-refractivity contribution in [2.24, 2.45) is 5.73 Å². The van der Waals surface area contributed by atoms with Crippen LogP contribution in [0, 0.1) is 5.82 Å². The number of amides is 1. The first-order chi connectivity index (χ1) is 16.0. The second-order valence-electron chi connectivity index (χ2n) is 7.82. The highest BCUT2D eigenvalue weighted by Crippen LogP contribution is 2.44. The molecular weight excluding hydrogens is 484 g/mol. The Morgan fingerprint density at radius 1 is 1.38 bits per heavy atom. The number of nitrogens with zero attached hydrogens (tertiary/aromatic N) is 3. The molecule has 4 rings (SSSR count). The number of hydrogen-bond acceptors (Lipinski definition) is 8. The zero-order valence-electron chi connectivity index (χ0n) is 17.6. The van der Waals surface area contributed by atoms with Crippen LogP contribution in [0.2, 0.25) is 0 Å². The monoisotopic (exact) mass is 504 g/mol. The van der Waals surface area contributed by atoms with Gasteiger partial charge in [-0.2, -0.15) is 4.31 Å². The second kappa shape index (κ2) is 8.81. The highest BCUT2D eigenvalue weighted by molar-refractivity contribution is 7.89. The summed E-state index contributed by atoms with van der Waals surface area (Å²) >= 11 is 0. The van der Waals surface area contributed by atoms with Gasteiger partial charge in [0.2, 0.25) is 10.0 Å². The molecule has 2 fully saturated rings. The number of sulfonamides is 1. The molecule has 0 aliphatic carbocycles. The molecule has 184 valence electrons. The van der Waals surface area contributed by atoms with Crippen LogP contribution in [0.25, 0.3) is 0 Å². The summed E-state index contributed by atoms with van der Waals surface area (Å²) in [7, 11) is -3.01. The molecule has 2 saturated heterocycles. The summed E-state index contributed by atoms with van der Waals surface area (Å²) in [4.78, 5) is 19.6. The van der Waals surface area contributed by atoms with Crippen LogP contribution in [-0.2, 0) is 20.3 Å². The maximum Gasteiger partial charge on any atom is 0.281 e. The van der Waals surface area contributed by atoms with E-state index in [4.69, 9.17) is 10.5 Å². The summed E-state index contributed by atoms with van der Waals surface area (Å²) in [6.07, 6.45) is -3.89. The maximum absolute atomic E-state index is 15.0. The molecule has 0 radical (unpaired) electrons. The van der Waals surface area contributed by atoms with Crippen molar-refractivity contribution in [3.63, 3.8) is 0 Å². The van der Waals surface area contributed by atoms with E-state index in [1.807, 2.05) is 0 Å². The Kier molecular flexibility index (Phi) is 6.32. The number of nitrogens with one attached hydrogen (secondary N) is 2. The Morgan fingerprint density at radius 3 is 2.74 bits per heavy atom. The maximum atomic E-state index is 15.0. The van der Waals surface area contributed by atoms with Crippen LogP contribution in [0.3, 0.4) is 0 Å². The van der Waals surface area contributed by atoms with Crippen molar-refractivity contribution in [3.8, 4) is 0 Å². The highest BCUT2D eigenvalue weighted by Gasteiger charge is 2.63. The van der Waals surface area contributed by atoms with Crippen molar-refractivity contribution >= 4 is 21.6 Å². The first kappa shape index (κ1) is 24.4. The zero-order valence-corrected chi connectivity index (χ0v) is 18.4. The van der Waals surface area contributed by atoms with E-state index in [2.05, 4.69) is 20.6 Å². The lowest BCUT2D eigenvalue weighted by molar-refractivity contribution is 0.0807. The Hall–Kier alpha value is -2.72. The Labute approximate surface area is 191 Å². The summed E-state index contributed by atoms with van der Waals surface area (Å²) < 4.78 is 86.3. The number of ether oxygens (including phenoxy) is 1. The Bertz CT molecular complexity index is 1200.